The minimum atomic E-state index is -1.28. The highest BCUT2D eigenvalue weighted by molar-refractivity contribution is 6.31. The highest BCUT2D eigenvalue weighted by Gasteiger charge is 2.17. The van der Waals surface area contributed by atoms with E-state index in [0.29, 0.717) is 16.4 Å². The number of carbonyl (C=O) groups is 1. The maximum atomic E-state index is 10.8. The van der Waals surface area contributed by atoms with Crippen molar-refractivity contribution >= 4 is 23.6 Å². The summed E-state index contributed by atoms with van der Waals surface area (Å²) >= 11 is 6.02. The van der Waals surface area contributed by atoms with Crippen LogP contribution in [-0.2, 0) is 11.8 Å². The van der Waals surface area contributed by atoms with Crippen LogP contribution in [0.3, 0.4) is 0 Å². The van der Waals surface area contributed by atoms with Crippen LogP contribution < -0.4 is 0 Å². The van der Waals surface area contributed by atoms with Crippen LogP contribution >= 0.6 is 11.6 Å². The van der Waals surface area contributed by atoms with Gasteiger partial charge in [-0.3, -0.25) is 4.68 Å². The molecular formula is C11H12ClN3O2. The summed E-state index contributed by atoms with van der Waals surface area (Å²) in [5, 5.41) is 22.0. The third-order valence-electron chi connectivity index (χ3n) is 2.23. The molecule has 17 heavy (non-hydrogen) atoms. The van der Waals surface area contributed by atoms with E-state index in [2.05, 4.69) is 5.10 Å². The summed E-state index contributed by atoms with van der Waals surface area (Å²) in [6, 6.07) is 1.62. The third kappa shape index (κ3) is 2.66. The van der Waals surface area contributed by atoms with Crippen molar-refractivity contribution in [1.29, 1.82) is 5.26 Å². The van der Waals surface area contributed by atoms with Gasteiger partial charge in [-0.2, -0.15) is 10.4 Å². The Hall–Kier alpha value is -1.80. The van der Waals surface area contributed by atoms with E-state index in [1.165, 1.54) is 10.8 Å². The molecule has 0 bridgehead atoms. The lowest BCUT2D eigenvalue weighted by Gasteiger charge is -2.01. The molecule has 0 atom stereocenters. The highest BCUT2D eigenvalue weighted by Crippen LogP contribution is 2.27. The zero-order valence-electron chi connectivity index (χ0n) is 9.73. The molecule has 90 valence electrons. The topological polar surface area (TPSA) is 78.9 Å². The first kappa shape index (κ1) is 13.3. The van der Waals surface area contributed by atoms with Gasteiger partial charge in [0, 0.05) is 12.6 Å². The number of hydrogen-bond acceptors (Lipinski definition) is 3. The van der Waals surface area contributed by atoms with Gasteiger partial charge < -0.3 is 5.11 Å². The van der Waals surface area contributed by atoms with Gasteiger partial charge >= 0.3 is 5.97 Å². The van der Waals surface area contributed by atoms with Gasteiger partial charge in [-0.25, -0.2) is 4.79 Å². The van der Waals surface area contributed by atoms with Crippen LogP contribution in [0.1, 0.15) is 31.0 Å². The van der Waals surface area contributed by atoms with Crippen molar-refractivity contribution in [3.8, 4) is 6.07 Å². The number of nitriles is 1. The van der Waals surface area contributed by atoms with E-state index in [9.17, 15) is 4.79 Å². The molecule has 0 saturated carbocycles. The first-order valence-electron chi connectivity index (χ1n) is 4.96. The third-order valence-corrected chi connectivity index (χ3v) is 2.67. The fourth-order valence-electron chi connectivity index (χ4n) is 1.39. The van der Waals surface area contributed by atoms with E-state index in [4.69, 9.17) is 22.0 Å². The molecular weight excluding hydrogens is 242 g/mol. The van der Waals surface area contributed by atoms with Crippen LogP contribution in [0.25, 0.3) is 6.08 Å². The van der Waals surface area contributed by atoms with Gasteiger partial charge in [0.25, 0.3) is 0 Å². The first-order valence-corrected chi connectivity index (χ1v) is 5.33. The fourth-order valence-corrected chi connectivity index (χ4v) is 1.57. The number of aliphatic carboxylic acids is 1. The van der Waals surface area contributed by atoms with Crippen LogP contribution in [0.15, 0.2) is 5.57 Å². The van der Waals surface area contributed by atoms with Crippen LogP contribution in [0.4, 0.5) is 0 Å². The lowest BCUT2D eigenvalue weighted by molar-refractivity contribution is -0.132. The lowest BCUT2D eigenvalue weighted by Crippen LogP contribution is -1.98. The SMILES string of the molecule is CC(C)c1nn(C)c(Cl)c1/C=C(/C#N)C(=O)O. The summed E-state index contributed by atoms with van der Waals surface area (Å²) in [6.07, 6.45) is 1.26. The molecule has 0 amide bonds. The van der Waals surface area contributed by atoms with Gasteiger partial charge in [-0.05, 0) is 12.0 Å². The minimum absolute atomic E-state index is 0.0914. The molecule has 1 N–H and O–H groups in total. The van der Waals surface area contributed by atoms with Crippen molar-refractivity contribution in [1.82, 2.24) is 9.78 Å². The van der Waals surface area contributed by atoms with E-state index in [-0.39, 0.29) is 11.5 Å². The van der Waals surface area contributed by atoms with Crippen molar-refractivity contribution < 1.29 is 9.90 Å². The Kier molecular flexibility index (Phi) is 3.92. The summed E-state index contributed by atoms with van der Waals surface area (Å²) in [7, 11) is 1.67. The normalized spacial score (nSPS) is 11.6. The number of nitrogens with zero attached hydrogens (tertiary/aromatic N) is 3. The number of rotatable bonds is 3. The standard InChI is InChI=1S/C11H12ClN3O2/c1-6(2)9-8(10(12)15(3)14-9)4-7(5-13)11(16)17/h4,6H,1-3H3,(H,16,17)/b7-4-. The Bertz CT molecular complexity index is 524. The molecule has 0 aliphatic rings. The van der Waals surface area contributed by atoms with E-state index < -0.39 is 5.97 Å². The summed E-state index contributed by atoms with van der Waals surface area (Å²) in [5.41, 5.74) is 0.802. The molecule has 1 heterocycles. The highest BCUT2D eigenvalue weighted by atomic mass is 35.5. The maximum absolute atomic E-state index is 10.8. The van der Waals surface area contributed by atoms with Gasteiger partial charge in [0.15, 0.2) is 0 Å². The molecule has 1 aromatic heterocycles. The van der Waals surface area contributed by atoms with E-state index in [1.807, 2.05) is 13.8 Å². The Labute approximate surface area is 104 Å². The molecule has 0 fully saturated rings. The molecule has 0 radical (unpaired) electrons. The number of carboxylic acid groups (broad SMARTS) is 1. The molecule has 1 rings (SSSR count). The second-order valence-electron chi connectivity index (χ2n) is 3.84. The molecule has 0 aliphatic carbocycles. The van der Waals surface area contributed by atoms with Crippen LogP contribution in [0.2, 0.25) is 5.15 Å². The van der Waals surface area contributed by atoms with Crippen molar-refractivity contribution in [3.05, 3.63) is 22.0 Å². The summed E-state index contributed by atoms with van der Waals surface area (Å²) in [5.74, 6) is -1.18. The second-order valence-corrected chi connectivity index (χ2v) is 4.20. The van der Waals surface area contributed by atoms with Crippen LogP contribution in [0.5, 0.6) is 0 Å². The van der Waals surface area contributed by atoms with Gasteiger partial charge in [0.2, 0.25) is 0 Å². The maximum Gasteiger partial charge on any atom is 0.346 e. The molecule has 0 aliphatic heterocycles. The average molecular weight is 254 g/mol. The Balaban J connectivity index is 3.41. The zero-order valence-corrected chi connectivity index (χ0v) is 10.5. The summed E-state index contributed by atoms with van der Waals surface area (Å²) in [6.45, 7) is 3.84. The molecule has 0 aromatic carbocycles. The smallest absolute Gasteiger partial charge is 0.346 e. The second kappa shape index (κ2) is 5.02. The van der Waals surface area contributed by atoms with Gasteiger partial charge in [-0.15, -0.1) is 0 Å². The fraction of sp³-hybridized carbons (Fsp3) is 0.364. The molecule has 0 spiro atoms. The predicted octanol–water partition coefficient (Wildman–Crippen LogP) is 2.19. The number of hydrogen-bond donors (Lipinski definition) is 1. The zero-order chi connectivity index (χ0) is 13.2. The van der Waals surface area contributed by atoms with Crippen LogP contribution in [-0.4, -0.2) is 20.9 Å². The molecule has 0 unspecified atom stereocenters. The van der Waals surface area contributed by atoms with E-state index >= 15 is 0 Å². The van der Waals surface area contributed by atoms with E-state index in [1.54, 1.807) is 13.1 Å². The van der Waals surface area contributed by atoms with Crippen molar-refractivity contribution in [2.75, 3.05) is 0 Å². The number of aromatic nitrogens is 2. The lowest BCUT2D eigenvalue weighted by atomic mass is 10.0. The van der Waals surface area contributed by atoms with Gasteiger partial charge in [0.05, 0.1) is 5.69 Å². The Morgan fingerprint density at radius 1 is 1.65 bits per heavy atom. The monoisotopic (exact) mass is 253 g/mol. The first-order chi connectivity index (χ1) is 7.88. The molecule has 6 heteroatoms. The van der Waals surface area contributed by atoms with Gasteiger partial charge in [-0.1, -0.05) is 25.4 Å². The van der Waals surface area contributed by atoms with Crippen molar-refractivity contribution in [3.63, 3.8) is 0 Å². The van der Waals surface area contributed by atoms with Crippen molar-refractivity contribution in [2.24, 2.45) is 7.05 Å². The number of halogens is 1. The largest absolute Gasteiger partial charge is 0.477 e. The molecule has 0 saturated heterocycles. The van der Waals surface area contributed by atoms with Crippen LogP contribution in [0, 0.1) is 11.3 Å². The minimum Gasteiger partial charge on any atom is -0.477 e. The molecule has 5 nitrogen and oxygen atoms in total. The van der Waals surface area contributed by atoms with E-state index in [0.717, 1.165) is 0 Å². The molecule has 1 aromatic rings. The number of aryl methyl sites for hydroxylation is 1. The quantitative estimate of drug-likeness (QED) is 0.661. The predicted molar refractivity (Wildman–Crippen MR) is 63.5 cm³/mol. The Morgan fingerprint density at radius 2 is 2.24 bits per heavy atom. The Morgan fingerprint density at radius 3 is 2.65 bits per heavy atom. The number of carboxylic acids is 1. The average Bonchev–Trinajstić information content (AvgIpc) is 2.52. The van der Waals surface area contributed by atoms with Crippen molar-refractivity contribution in [2.45, 2.75) is 19.8 Å². The summed E-state index contributed by atoms with van der Waals surface area (Å²) < 4.78 is 1.46. The van der Waals surface area contributed by atoms with Gasteiger partial charge in [0.1, 0.15) is 16.8 Å². The summed E-state index contributed by atoms with van der Waals surface area (Å²) in [4.78, 5) is 10.8.